The Labute approximate surface area is 72.9 Å². The molecule has 0 fully saturated rings. The molecule has 0 heterocycles. The molecule has 0 unspecified atom stereocenters. The molecule has 0 spiro atoms. The summed E-state index contributed by atoms with van der Waals surface area (Å²) in [5.74, 6) is -2.88. The standard InChI is InChI=1S/C9H4O4/c1-3-6-4(8(12)7(3)11)2-5(10)9(6)13/h2H,1H3. The second-order valence-corrected chi connectivity index (χ2v) is 2.91. The highest BCUT2D eigenvalue weighted by Gasteiger charge is 2.43. The van der Waals surface area contributed by atoms with Crippen molar-refractivity contribution in [3.05, 3.63) is 22.8 Å². The molecule has 64 valence electrons. The van der Waals surface area contributed by atoms with Crippen molar-refractivity contribution in [3.8, 4) is 0 Å². The molecule has 0 aromatic carbocycles. The van der Waals surface area contributed by atoms with Crippen molar-refractivity contribution in [2.24, 2.45) is 0 Å². The van der Waals surface area contributed by atoms with Crippen LogP contribution in [0.3, 0.4) is 0 Å². The van der Waals surface area contributed by atoms with Gasteiger partial charge in [-0.15, -0.1) is 0 Å². The van der Waals surface area contributed by atoms with Gasteiger partial charge in [0, 0.05) is 22.8 Å². The molecule has 13 heavy (non-hydrogen) atoms. The highest BCUT2D eigenvalue weighted by molar-refractivity contribution is 6.65. The van der Waals surface area contributed by atoms with Gasteiger partial charge in [-0.1, -0.05) is 0 Å². The van der Waals surface area contributed by atoms with Gasteiger partial charge in [0.1, 0.15) is 0 Å². The van der Waals surface area contributed by atoms with Gasteiger partial charge in [-0.05, 0) is 6.92 Å². The molecule has 2 aliphatic carbocycles. The van der Waals surface area contributed by atoms with Crippen molar-refractivity contribution in [1.82, 2.24) is 0 Å². The summed E-state index contributed by atoms with van der Waals surface area (Å²) in [6.45, 7) is 1.38. The van der Waals surface area contributed by atoms with Crippen molar-refractivity contribution >= 4 is 23.1 Å². The van der Waals surface area contributed by atoms with Crippen LogP contribution >= 0.6 is 0 Å². The number of rotatable bonds is 0. The zero-order chi connectivity index (χ0) is 9.75. The average molecular weight is 176 g/mol. The Kier molecular flexibility index (Phi) is 1.26. The fraction of sp³-hybridized carbons (Fsp3) is 0.111. The summed E-state index contributed by atoms with van der Waals surface area (Å²) in [4.78, 5) is 44.2. The molecule has 0 amide bonds. The topological polar surface area (TPSA) is 68.3 Å². The molecule has 4 nitrogen and oxygen atoms in total. The molecule has 0 aromatic rings. The first-order chi connectivity index (χ1) is 6.04. The zero-order valence-corrected chi connectivity index (χ0v) is 6.71. The van der Waals surface area contributed by atoms with Crippen LogP contribution in [0.25, 0.3) is 0 Å². The Morgan fingerprint density at radius 3 is 2.08 bits per heavy atom. The van der Waals surface area contributed by atoms with Crippen molar-refractivity contribution in [2.45, 2.75) is 6.92 Å². The molecule has 0 aliphatic heterocycles. The smallest absolute Gasteiger partial charge is 0.234 e. The van der Waals surface area contributed by atoms with E-state index in [4.69, 9.17) is 0 Å². The maximum atomic E-state index is 11.1. The van der Waals surface area contributed by atoms with E-state index in [2.05, 4.69) is 0 Å². The lowest BCUT2D eigenvalue weighted by Gasteiger charge is -1.89. The van der Waals surface area contributed by atoms with Crippen LogP contribution in [0.4, 0.5) is 0 Å². The zero-order valence-electron chi connectivity index (χ0n) is 6.71. The fourth-order valence-electron chi connectivity index (χ4n) is 1.47. The Morgan fingerprint density at radius 2 is 1.54 bits per heavy atom. The summed E-state index contributed by atoms with van der Waals surface area (Å²) in [5.41, 5.74) is 0.0598. The van der Waals surface area contributed by atoms with Crippen LogP contribution in [0.1, 0.15) is 6.92 Å². The van der Waals surface area contributed by atoms with Crippen LogP contribution in [-0.4, -0.2) is 23.1 Å². The molecule has 0 radical (unpaired) electrons. The van der Waals surface area contributed by atoms with E-state index in [0.29, 0.717) is 0 Å². The first kappa shape index (κ1) is 7.79. The summed E-state index contributed by atoms with van der Waals surface area (Å²) < 4.78 is 0. The third-order valence-electron chi connectivity index (χ3n) is 2.16. The van der Waals surface area contributed by atoms with Crippen molar-refractivity contribution in [1.29, 1.82) is 0 Å². The summed E-state index contributed by atoms with van der Waals surface area (Å²) in [7, 11) is 0. The van der Waals surface area contributed by atoms with Gasteiger partial charge in [-0.2, -0.15) is 0 Å². The van der Waals surface area contributed by atoms with E-state index in [9.17, 15) is 19.2 Å². The van der Waals surface area contributed by atoms with Crippen molar-refractivity contribution < 1.29 is 19.2 Å². The summed E-state index contributed by atoms with van der Waals surface area (Å²) >= 11 is 0. The first-order valence-corrected chi connectivity index (χ1v) is 3.64. The molecular weight excluding hydrogens is 172 g/mol. The van der Waals surface area contributed by atoms with E-state index in [1.54, 1.807) is 0 Å². The quantitative estimate of drug-likeness (QED) is 0.468. The van der Waals surface area contributed by atoms with E-state index < -0.39 is 23.1 Å². The monoisotopic (exact) mass is 176 g/mol. The third kappa shape index (κ3) is 0.744. The van der Waals surface area contributed by atoms with Gasteiger partial charge in [0.05, 0.1) is 0 Å². The number of hydrogen-bond acceptors (Lipinski definition) is 4. The van der Waals surface area contributed by atoms with Gasteiger partial charge in [0.25, 0.3) is 0 Å². The van der Waals surface area contributed by atoms with Crippen LogP contribution in [-0.2, 0) is 19.2 Å². The van der Waals surface area contributed by atoms with Gasteiger partial charge < -0.3 is 0 Å². The summed E-state index contributed by atoms with van der Waals surface area (Å²) in [5, 5.41) is 0. The van der Waals surface area contributed by atoms with Crippen LogP contribution in [0.15, 0.2) is 22.8 Å². The molecule has 0 saturated carbocycles. The lowest BCUT2D eigenvalue weighted by molar-refractivity contribution is -0.131. The number of Topliss-reactive ketones (excluding diaryl/α,β-unsaturated/α-hetero) is 3. The van der Waals surface area contributed by atoms with E-state index >= 15 is 0 Å². The average Bonchev–Trinajstić information content (AvgIpc) is 2.48. The van der Waals surface area contributed by atoms with E-state index in [-0.39, 0.29) is 16.7 Å². The van der Waals surface area contributed by atoms with Crippen LogP contribution in [0, 0.1) is 0 Å². The minimum Gasteiger partial charge on any atom is -0.286 e. The minimum atomic E-state index is -0.744. The Morgan fingerprint density at radius 1 is 0.923 bits per heavy atom. The second-order valence-electron chi connectivity index (χ2n) is 2.91. The lowest BCUT2D eigenvalue weighted by Crippen LogP contribution is -2.10. The molecule has 2 rings (SSSR count). The number of fused-ring (bicyclic) bond motifs is 1. The van der Waals surface area contributed by atoms with Crippen molar-refractivity contribution in [3.63, 3.8) is 0 Å². The van der Waals surface area contributed by atoms with Gasteiger partial charge in [0.2, 0.25) is 23.1 Å². The first-order valence-electron chi connectivity index (χ1n) is 3.64. The van der Waals surface area contributed by atoms with Gasteiger partial charge >= 0.3 is 0 Å². The van der Waals surface area contributed by atoms with Crippen LogP contribution in [0.5, 0.6) is 0 Å². The molecule has 4 heteroatoms. The molecule has 2 aliphatic rings. The Balaban J connectivity index is 2.73. The number of carbonyl (C=O) groups excluding carboxylic acids is 4. The largest absolute Gasteiger partial charge is 0.286 e. The van der Waals surface area contributed by atoms with Gasteiger partial charge in [0.15, 0.2) is 0 Å². The molecular formula is C9H4O4. The minimum absolute atomic E-state index is 0.000000000000000444. The van der Waals surface area contributed by atoms with Gasteiger partial charge in [-0.25, -0.2) is 0 Å². The number of hydrogen-bond donors (Lipinski definition) is 0. The predicted octanol–water partition coefficient (Wildman–Crippen LogP) is -0.467. The number of carbonyl (C=O) groups is 4. The van der Waals surface area contributed by atoms with E-state index in [0.717, 1.165) is 6.08 Å². The lowest BCUT2D eigenvalue weighted by atomic mass is 10.1. The second kappa shape index (κ2) is 2.10. The SMILES string of the molecule is CC1=C2C(=O)C(=O)C=C2C(=O)C1=O. The molecule has 0 atom stereocenters. The fourth-order valence-corrected chi connectivity index (χ4v) is 1.47. The summed E-state index contributed by atoms with van der Waals surface area (Å²) in [6.07, 6.45) is 0.939. The molecule has 0 bridgehead atoms. The highest BCUT2D eigenvalue weighted by Crippen LogP contribution is 2.30. The van der Waals surface area contributed by atoms with Crippen molar-refractivity contribution in [2.75, 3.05) is 0 Å². The van der Waals surface area contributed by atoms with E-state index in [1.807, 2.05) is 0 Å². The third-order valence-corrected chi connectivity index (χ3v) is 2.16. The summed E-state index contributed by atoms with van der Waals surface area (Å²) in [6, 6.07) is 0. The molecule has 0 saturated heterocycles. The van der Waals surface area contributed by atoms with Gasteiger partial charge in [-0.3, -0.25) is 19.2 Å². The highest BCUT2D eigenvalue weighted by atomic mass is 16.2. The maximum absolute atomic E-state index is 11.1. The normalized spacial score (nSPS) is 21.5. The Bertz CT molecular complexity index is 448. The van der Waals surface area contributed by atoms with Crippen LogP contribution < -0.4 is 0 Å². The molecule has 0 aromatic heterocycles. The molecule has 0 N–H and O–H groups in total. The Hall–Kier alpha value is -1.84. The van der Waals surface area contributed by atoms with E-state index in [1.165, 1.54) is 6.92 Å². The van der Waals surface area contributed by atoms with Crippen LogP contribution in [0.2, 0.25) is 0 Å². The number of allylic oxidation sites excluding steroid dienone is 4. The maximum Gasteiger partial charge on any atom is 0.234 e. The predicted molar refractivity (Wildman–Crippen MR) is 40.8 cm³/mol. The number of ketones is 4.